The molecule has 2 aromatic rings. The number of aromatic nitrogens is 2. The van der Waals surface area contributed by atoms with Crippen LogP contribution in [0.3, 0.4) is 0 Å². The summed E-state index contributed by atoms with van der Waals surface area (Å²) in [6, 6.07) is 2.43. The first-order valence-electron chi connectivity index (χ1n) is 8.31. The predicted octanol–water partition coefficient (Wildman–Crippen LogP) is 3.56. The Morgan fingerprint density at radius 3 is 2.61 bits per heavy atom. The second-order valence-corrected chi connectivity index (χ2v) is 5.98. The first-order valence-corrected chi connectivity index (χ1v) is 8.31. The van der Waals surface area contributed by atoms with Crippen LogP contribution in [0.1, 0.15) is 18.4 Å². The van der Waals surface area contributed by atoms with Gasteiger partial charge < -0.3 is 20.3 Å². The standard InChI is InChI=1S/C17H17F4N5O2/c1-22-15-9(17(19,20)21)8-23-16(25-15)24-11-6-10(18)12(7-13(11)28-2)26-5-3-4-14(26)27/h6-8H,3-5H2,1-2H3,(H2,22,23,24,25). The molecular formula is C17H17F4N5O2. The molecule has 7 nitrogen and oxygen atoms in total. The third-order valence-corrected chi connectivity index (χ3v) is 4.21. The number of rotatable bonds is 5. The fourth-order valence-electron chi connectivity index (χ4n) is 2.88. The average molecular weight is 399 g/mol. The normalized spacial score (nSPS) is 14.4. The van der Waals surface area contributed by atoms with Gasteiger partial charge in [-0.3, -0.25) is 4.79 Å². The Bertz CT molecular complexity index is 904. The van der Waals surface area contributed by atoms with Crippen LogP contribution in [0.25, 0.3) is 0 Å². The van der Waals surface area contributed by atoms with Crippen molar-refractivity contribution in [3.05, 3.63) is 29.7 Å². The van der Waals surface area contributed by atoms with Gasteiger partial charge in [0.1, 0.15) is 22.9 Å². The van der Waals surface area contributed by atoms with Crippen molar-refractivity contribution in [3.63, 3.8) is 0 Å². The van der Waals surface area contributed by atoms with Gasteiger partial charge in [-0.1, -0.05) is 0 Å². The molecule has 0 radical (unpaired) electrons. The van der Waals surface area contributed by atoms with Crippen LogP contribution in [0.5, 0.6) is 5.75 Å². The van der Waals surface area contributed by atoms with Gasteiger partial charge in [-0.15, -0.1) is 0 Å². The van der Waals surface area contributed by atoms with Crippen molar-refractivity contribution >= 4 is 29.0 Å². The minimum atomic E-state index is -4.62. The lowest BCUT2D eigenvalue weighted by Crippen LogP contribution is -2.24. The number of nitrogens with zero attached hydrogens (tertiary/aromatic N) is 3. The zero-order valence-corrected chi connectivity index (χ0v) is 15.0. The monoisotopic (exact) mass is 399 g/mol. The topological polar surface area (TPSA) is 79.4 Å². The Morgan fingerprint density at radius 1 is 1.29 bits per heavy atom. The summed E-state index contributed by atoms with van der Waals surface area (Å²) in [5.41, 5.74) is -0.840. The highest BCUT2D eigenvalue weighted by Crippen LogP contribution is 2.37. The van der Waals surface area contributed by atoms with Crippen LogP contribution in [0.2, 0.25) is 0 Å². The molecule has 2 heterocycles. The maximum atomic E-state index is 14.6. The van der Waals surface area contributed by atoms with Gasteiger partial charge in [0.25, 0.3) is 0 Å². The van der Waals surface area contributed by atoms with Gasteiger partial charge in [0, 0.05) is 38.3 Å². The van der Waals surface area contributed by atoms with E-state index in [2.05, 4.69) is 20.6 Å². The van der Waals surface area contributed by atoms with Crippen LogP contribution in [-0.4, -0.2) is 36.6 Å². The highest BCUT2D eigenvalue weighted by atomic mass is 19.4. The molecular weight excluding hydrogens is 382 g/mol. The van der Waals surface area contributed by atoms with Gasteiger partial charge in [-0.25, -0.2) is 9.37 Å². The molecule has 1 aromatic carbocycles. The van der Waals surface area contributed by atoms with E-state index in [-0.39, 0.29) is 29.0 Å². The molecule has 1 aliphatic rings. The summed E-state index contributed by atoms with van der Waals surface area (Å²) in [6.45, 7) is 0.402. The van der Waals surface area contributed by atoms with Crippen LogP contribution in [-0.2, 0) is 11.0 Å². The predicted molar refractivity (Wildman–Crippen MR) is 94.4 cm³/mol. The smallest absolute Gasteiger partial charge is 0.421 e. The summed E-state index contributed by atoms with van der Waals surface area (Å²) in [4.78, 5) is 20.6. The lowest BCUT2D eigenvalue weighted by atomic mass is 10.2. The molecule has 1 aliphatic heterocycles. The van der Waals surface area contributed by atoms with Gasteiger partial charge >= 0.3 is 6.18 Å². The highest BCUT2D eigenvalue weighted by molar-refractivity contribution is 5.96. The molecule has 11 heteroatoms. The molecule has 28 heavy (non-hydrogen) atoms. The van der Waals surface area contributed by atoms with Crippen molar-refractivity contribution in [1.82, 2.24) is 9.97 Å². The van der Waals surface area contributed by atoms with Gasteiger partial charge in [0.05, 0.1) is 18.5 Å². The number of benzene rings is 1. The van der Waals surface area contributed by atoms with Crippen molar-refractivity contribution in [1.29, 1.82) is 0 Å². The van der Waals surface area contributed by atoms with Crippen LogP contribution in [0.4, 0.5) is 40.7 Å². The fourth-order valence-corrected chi connectivity index (χ4v) is 2.88. The van der Waals surface area contributed by atoms with E-state index in [0.29, 0.717) is 25.6 Å². The van der Waals surface area contributed by atoms with Crippen molar-refractivity contribution in [2.24, 2.45) is 0 Å². The van der Waals surface area contributed by atoms with Crippen LogP contribution >= 0.6 is 0 Å². The molecule has 0 bridgehead atoms. The average Bonchev–Trinajstić information content (AvgIpc) is 3.06. The van der Waals surface area contributed by atoms with E-state index in [1.165, 1.54) is 25.1 Å². The molecule has 3 rings (SSSR count). The molecule has 1 amide bonds. The van der Waals surface area contributed by atoms with Gasteiger partial charge in [-0.05, 0) is 6.42 Å². The number of halogens is 4. The number of carbonyl (C=O) groups excluding carboxylic acids is 1. The molecule has 2 N–H and O–H groups in total. The molecule has 1 saturated heterocycles. The van der Waals surface area contributed by atoms with E-state index >= 15 is 0 Å². The number of ether oxygens (including phenoxy) is 1. The van der Waals surface area contributed by atoms with Crippen molar-refractivity contribution in [3.8, 4) is 5.75 Å². The van der Waals surface area contributed by atoms with Gasteiger partial charge in [0.2, 0.25) is 11.9 Å². The molecule has 1 aromatic heterocycles. The summed E-state index contributed by atoms with van der Waals surface area (Å²) in [5.74, 6) is -1.29. The Morgan fingerprint density at radius 2 is 2.04 bits per heavy atom. The number of methoxy groups -OCH3 is 1. The SMILES string of the molecule is CNc1nc(Nc2cc(F)c(N3CCCC3=O)cc2OC)ncc1C(F)(F)F. The zero-order chi connectivity index (χ0) is 20.5. The Hall–Kier alpha value is -3.11. The van der Waals surface area contributed by atoms with E-state index < -0.39 is 23.4 Å². The maximum absolute atomic E-state index is 14.6. The number of anilines is 4. The minimum Gasteiger partial charge on any atom is -0.494 e. The van der Waals surface area contributed by atoms with Crippen LogP contribution in [0.15, 0.2) is 18.3 Å². The number of hydrogen-bond donors (Lipinski definition) is 2. The molecule has 150 valence electrons. The Balaban J connectivity index is 1.94. The van der Waals surface area contributed by atoms with E-state index in [4.69, 9.17) is 4.74 Å². The maximum Gasteiger partial charge on any atom is 0.421 e. The lowest BCUT2D eigenvalue weighted by molar-refractivity contribution is -0.137. The van der Waals surface area contributed by atoms with E-state index in [0.717, 1.165) is 6.07 Å². The third kappa shape index (κ3) is 3.78. The Kier molecular flexibility index (Phi) is 5.25. The summed E-state index contributed by atoms with van der Waals surface area (Å²) in [5, 5.41) is 5.01. The van der Waals surface area contributed by atoms with Crippen molar-refractivity contribution in [2.45, 2.75) is 19.0 Å². The van der Waals surface area contributed by atoms with Gasteiger partial charge in [-0.2, -0.15) is 18.2 Å². The van der Waals surface area contributed by atoms with Crippen LogP contribution < -0.4 is 20.3 Å². The number of amides is 1. The first-order chi connectivity index (χ1) is 13.2. The molecule has 0 atom stereocenters. The summed E-state index contributed by atoms with van der Waals surface area (Å²) >= 11 is 0. The molecule has 1 fully saturated rings. The zero-order valence-electron chi connectivity index (χ0n) is 15.0. The fraction of sp³-hybridized carbons (Fsp3) is 0.353. The van der Waals surface area contributed by atoms with Crippen molar-refractivity contribution in [2.75, 3.05) is 36.2 Å². The largest absolute Gasteiger partial charge is 0.494 e. The minimum absolute atomic E-state index is 0.0779. The first kappa shape index (κ1) is 19.6. The van der Waals surface area contributed by atoms with E-state index in [1.807, 2.05) is 0 Å². The Labute approximate surface area is 157 Å². The molecule has 0 spiro atoms. The second kappa shape index (κ2) is 7.49. The molecule has 0 aliphatic carbocycles. The summed E-state index contributed by atoms with van der Waals surface area (Å²) in [6.07, 6.45) is -3.02. The number of alkyl halides is 3. The second-order valence-electron chi connectivity index (χ2n) is 5.98. The highest BCUT2D eigenvalue weighted by Gasteiger charge is 2.35. The number of nitrogens with one attached hydrogen (secondary N) is 2. The van der Waals surface area contributed by atoms with Crippen molar-refractivity contribution < 1.29 is 27.1 Å². The quantitative estimate of drug-likeness (QED) is 0.749. The molecule has 0 unspecified atom stereocenters. The number of carbonyl (C=O) groups is 1. The lowest BCUT2D eigenvalue weighted by Gasteiger charge is -2.19. The summed E-state index contributed by atoms with van der Waals surface area (Å²) in [7, 11) is 2.64. The van der Waals surface area contributed by atoms with Gasteiger partial charge in [0.15, 0.2) is 0 Å². The van der Waals surface area contributed by atoms with E-state index in [1.54, 1.807) is 0 Å². The number of hydrogen-bond acceptors (Lipinski definition) is 6. The summed E-state index contributed by atoms with van der Waals surface area (Å²) < 4.78 is 58.6. The van der Waals surface area contributed by atoms with E-state index in [9.17, 15) is 22.4 Å². The third-order valence-electron chi connectivity index (χ3n) is 4.21. The van der Waals surface area contributed by atoms with Crippen LogP contribution in [0, 0.1) is 5.82 Å². The molecule has 0 saturated carbocycles.